The van der Waals surface area contributed by atoms with E-state index in [1.54, 1.807) is 29.7 Å². The lowest BCUT2D eigenvalue weighted by atomic mass is 10.1. The minimum atomic E-state index is -3.90. The second-order valence-corrected chi connectivity index (χ2v) is 11.0. The predicted molar refractivity (Wildman–Crippen MR) is 126 cm³/mol. The predicted octanol–water partition coefficient (Wildman–Crippen LogP) is 3.46. The molecule has 2 N–H and O–H groups in total. The van der Waals surface area contributed by atoms with Crippen LogP contribution in [0, 0.1) is 0 Å². The zero-order valence-corrected chi connectivity index (χ0v) is 19.3. The van der Waals surface area contributed by atoms with Crippen LogP contribution in [0.1, 0.15) is 44.9 Å². The zero-order valence-electron chi connectivity index (χ0n) is 17.7. The van der Waals surface area contributed by atoms with E-state index in [-0.39, 0.29) is 32.5 Å². The number of rotatable bonds is 4. The first kappa shape index (κ1) is 21.6. The Morgan fingerprint density at radius 1 is 1.09 bits per heavy atom. The number of hydrogen-bond acceptors (Lipinski definition) is 7. The first-order valence-electron chi connectivity index (χ1n) is 10.7. The smallest absolute Gasteiger partial charge is 0.257 e. The van der Waals surface area contributed by atoms with E-state index in [0.717, 1.165) is 23.1 Å². The molecule has 3 aromatic rings. The fraction of sp³-hybridized carbons (Fsp3) is 0.261. The monoisotopic (exact) mass is 482 g/mol. The Kier molecular flexibility index (Phi) is 5.63. The fourth-order valence-electron chi connectivity index (χ4n) is 4.08. The van der Waals surface area contributed by atoms with Gasteiger partial charge in [-0.05, 0) is 49.6 Å². The molecule has 0 aliphatic carbocycles. The van der Waals surface area contributed by atoms with Crippen molar-refractivity contribution >= 4 is 43.8 Å². The summed E-state index contributed by atoms with van der Waals surface area (Å²) in [6, 6.07) is 10.3. The largest absolute Gasteiger partial charge is 0.348 e. The van der Waals surface area contributed by atoms with Crippen LogP contribution in [0.4, 0.5) is 10.8 Å². The lowest BCUT2D eigenvalue weighted by Gasteiger charge is -2.25. The molecule has 8 nitrogen and oxygen atoms in total. The number of anilines is 2. The molecule has 0 radical (unpaired) electrons. The first-order chi connectivity index (χ1) is 15.9. The molecule has 2 aliphatic heterocycles. The van der Waals surface area contributed by atoms with E-state index in [9.17, 15) is 18.0 Å². The molecule has 2 aliphatic rings. The molecule has 10 heteroatoms. The molecule has 1 aromatic heterocycles. The highest BCUT2D eigenvalue weighted by Crippen LogP contribution is 2.34. The molecule has 2 amide bonds. The molecule has 0 atom stereocenters. The minimum absolute atomic E-state index is 0.0361. The number of thiazole rings is 1. The summed E-state index contributed by atoms with van der Waals surface area (Å²) in [7, 11) is -3.90. The lowest BCUT2D eigenvalue weighted by Crippen LogP contribution is -2.29. The van der Waals surface area contributed by atoms with Crippen molar-refractivity contribution < 1.29 is 18.0 Å². The Hall–Kier alpha value is -3.24. The van der Waals surface area contributed by atoms with Crippen LogP contribution < -0.4 is 15.5 Å². The van der Waals surface area contributed by atoms with Gasteiger partial charge in [-0.2, -0.15) is 0 Å². The van der Waals surface area contributed by atoms with Gasteiger partial charge in [0.15, 0.2) is 5.13 Å². The summed E-state index contributed by atoms with van der Waals surface area (Å²) in [6.45, 7) is 2.33. The summed E-state index contributed by atoms with van der Waals surface area (Å²) in [4.78, 5) is 33.0. The number of amides is 2. The molecule has 1 fully saturated rings. The minimum Gasteiger partial charge on any atom is -0.348 e. The third kappa shape index (κ3) is 4.11. The second-order valence-electron chi connectivity index (χ2n) is 8.00. The Bertz CT molecular complexity index is 1340. The lowest BCUT2D eigenvalue weighted by molar-refractivity contribution is 0.0949. The molecule has 0 bridgehead atoms. The van der Waals surface area contributed by atoms with Crippen molar-refractivity contribution in [2.45, 2.75) is 35.6 Å². The molecular formula is C23H22N4O4S2. The van der Waals surface area contributed by atoms with E-state index in [1.807, 2.05) is 0 Å². The van der Waals surface area contributed by atoms with Crippen LogP contribution in [0.2, 0.25) is 0 Å². The van der Waals surface area contributed by atoms with Gasteiger partial charge in [-0.15, -0.1) is 11.3 Å². The van der Waals surface area contributed by atoms with Gasteiger partial charge in [0.2, 0.25) is 9.84 Å². The van der Waals surface area contributed by atoms with Gasteiger partial charge in [0.05, 0.1) is 27.6 Å². The van der Waals surface area contributed by atoms with Crippen LogP contribution in [0.15, 0.2) is 58.5 Å². The average molecular weight is 483 g/mol. The van der Waals surface area contributed by atoms with E-state index in [4.69, 9.17) is 0 Å². The number of benzene rings is 2. The molecule has 2 aromatic carbocycles. The van der Waals surface area contributed by atoms with Crippen molar-refractivity contribution in [3.8, 4) is 0 Å². The summed E-state index contributed by atoms with van der Waals surface area (Å²) in [6.07, 6.45) is 5.36. The molecule has 0 saturated carbocycles. The fourth-order valence-corrected chi connectivity index (χ4v) is 6.57. The number of carbonyl (C=O) groups is 2. The standard InChI is InChI=1S/C23H22N4O4S2/c28-21(24-13-16-14-25-23(32-16)27-10-4-1-5-11-27)15-8-9-20-18(12-15)26-22(29)17-6-2-3-7-19(17)33(20,30)31/h2-3,6-9,12,14H,1,4-5,10-11,13H2,(H,24,28)(H,26,29). The van der Waals surface area contributed by atoms with Crippen LogP contribution in [0.25, 0.3) is 0 Å². The maximum atomic E-state index is 13.1. The third-order valence-corrected chi connectivity index (χ3v) is 8.72. The molecule has 170 valence electrons. The molecule has 33 heavy (non-hydrogen) atoms. The molecule has 5 rings (SSSR count). The van der Waals surface area contributed by atoms with E-state index in [2.05, 4.69) is 20.5 Å². The Morgan fingerprint density at radius 3 is 2.70 bits per heavy atom. The van der Waals surface area contributed by atoms with Crippen LogP contribution in [0.3, 0.4) is 0 Å². The summed E-state index contributed by atoms with van der Waals surface area (Å²) in [5.74, 6) is -0.889. The Morgan fingerprint density at radius 2 is 1.88 bits per heavy atom. The van der Waals surface area contributed by atoms with Crippen molar-refractivity contribution in [1.29, 1.82) is 0 Å². The Labute approximate surface area is 195 Å². The molecule has 0 spiro atoms. The third-order valence-electron chi connectivity index (χ3n) is 5.79. The van der Waals surface area contributed by atoms with Crippen molar-refractivity contribution in [1.82, 2.24) is 10.3 Å². The zero-order chi connectivity index (χ0) is 23.0. The summed E-state index contributed by atoms with van der Waals surface area (Å²) < 4.78 is 26.2. The number of nitrogens with one attached hydrogen (secondary N) is 2. The van der Waals surface area contributed by atoms with Crippen molar-refractivity contribution in [2.24, 2.45) is 0 Å². The number of carbonyl (C=O) groups excluding carboxylic acids is 2. The van der Waals surface area contributed by atoms with Crippen molar-refractivity contribution in [3.63, 3.8) is 0 Å². The molecule has 1 saturated heterocycles. The van der Waals surface area contributed by atoms with Gasteiger partial charge in [-0.3, -0.25) is 9.59 Å². The van der Waals surface area contributed by atoms with E-state index in [0.29, 0.717) is 6.54 Å². The molecular weight excluding hydrogens is 460 g/mol. The summed E-state index contributed by atoms with van der Waals surface area (Å²) in [5, 5.41) is 6.45. The van der Waals surface area contributed by atoms with Crippen molar-refractivity contribution in [2.75, 3.05) is 23.3 Å². The van der Waals surface area contributed by atoms with Crippen LogP contribution in [0.5, 0.6) is 0 Å². The topological polar surface area (TPSA) is 108 Å². The van der Waals surface area contributed by atoms with E-state index < -0.39 is 15.7 Å². The van der Waals surface area contributed by atoms with Gasteiger partial charge in [-0.1, -0.05) is 12.1 Å². The van der Waals surface area contributed by atoms with Gasteiger partial charge in [0, 0.05) is 29.7 Å². The number of fused-ring (bicyclic) bond motifs is 2. The number of nitrogens with zero attached hydrogens (tertiary/aromatic N) is 2. The van der Waals surface area contributed by atoms with Gasteiger partial charge in [0.1, 0.15) is 0 Å². The number of sulfone groups is 1. The van der Waals surface area contributed by atoms with E-state index in [1.165, 1.54) is 49.6 Å². The highest BCUT2D eigenvalue weighted by atomic mass is 32.2. The molecule has 3 heterocycles. The number of piperidine rings is 1. The van der Waals surface area contributed by atoms with Gasteiger partial charge in [0.25, 0.3) is 11.8 Å². The summed E-state index contributed by atoms with van der Waals surface area (Å²) >= 11 is 1.56. The summed E-state index contributed by atoms with van der Waals surface area (Å²) in [5.41, 5.74) is 0.430. The van der Waals surface area contributed by atoms with Gasteiger partial charge in [-0.25, -0.2) is 13.4 Å². The maximum absolute atomic E-state index is 13.1. The normalized spacial score (nSPS) is 16.8. The quantitative estimate of drug-likeness (QED) is 0.590. The highest BCUT2D eigenvalue weighted by Gasteiger charge is 2.31. The van der Waals surface area contributed by atoms with Gasteiger partial charge >= 0.3 is 0 Å². The van der Waals surface area contributed by atoms with Crippen LogP contribution >= 0.6 is 11.3 Å². The van der Waals surface area contributed by atoms with Crippen molar-refractivity contribution in [3.05, 3.63) is 64.7 Å². The van der Waals surface area contributed by atoms with E-state index >= 15 is 0 Å². The second kappa shape index (κ2) is 8.60. The van der Waals surface area contributed by atoms with Crippen LogP contribution in [-0.4, -0.2) is 38.3 Å². The average Bonchev–Trinajstić information content (AvgIpc) is 3.29. The first-order valence-corrected chi connectivity index (χ1v) is 13.0. The van der Waals surface area contributed by atoms with Gasteiger partial charge < -0.3 is 15.5 Å². The highest BCUT2D eigenvalue weighted by molar-refractivity contribution is 7.91. The maximum Gasteiger partial charge on any atom is 0.257 e. The number of hydrogen-bond donors (Lipinski definition) is 2. The SMILES string of the molecule is O=C(NCc1cnc(N2CCCCC2)s1)c1ccc2c(c1)NC(=O)c1ccccc1S2(=O)=O. The Balaban J connectivity index is 1.33. The molecule has 0 unspecified atom stereocenters. The number of aromatic nitrogens is 1. The van der Waals surface area contributed by atoms with Crippen LogP contribution in [-0.2, 0) is 16.4 Å².